The molecule has 32 heavy (non-hydrogen) atoms. The van der Waals surface area contributed by atoms with Gasteiger partial charge in [0.25, 0.3) is 11.8 Å². The predicted octanol–water partition coefficient (Wildman–Crippen LogP) is 3.85. The van der Waals surface area contributed by atoms with Crippen LogP contribution in [0, 0.1) is 11.3 Å². The summed E-state index contributed by atoms with van der Waals surface area (Å²) in [5.41, 5.74) is 0.990. The first kappa shape index (κ1) is 23.4. The molecule has 7 nitrogen and oxygen atoms in total. The minimum atomic E-state index is -1.10. The SMILES string of the molecule is CCOC(=S)SC(CC(C#N)OC(=O)c1ccccc1)CN1C(=O)c2ccccc2C1=O. The molecule has 3 rings (SSSR count). The second-order valence-electron chi connectivity index (χ2n) is 6.81. The number of thiocarbonyl (C=S) groups is 1. The van der Waals surface area contributed by atoms with Crippen LogP contribution in [0.1, 0.15) is 44.4 Å². The quantitative estimate of drug-likeness (QED) is 0.327. The molecular weight excluding hydrogens is 448 g/mol. The molecule has 0 saturated heterocycles. The molecule has 164 valence electrons. The summed E-state index contributed by atoms with van der Waals surface area (Å²) in [4.78, 5) is 39.0. The van der Waals surface area contributed by atoms with E-state index in [9.17, 15) is 19.6 Å². The number of thioether (sulfide) groups is 1. The molecule has 0 fully saturated rings. The van der Waals surface area contributed by atoms with Crippen LogP contribution in [0.2, 0.25) is 0 Å². The van der Waals surface area contributed by atoms with Crippen molar-refractivity contribution in [2.45, 2.75) is 24.7 Å². The van der Waals surface area contributed by atoms with Gasteiger partial charge in [0, 0.05) is 18.2 Å². The highest BCUT2D eigenvalue weighted by molar-refractivity contribution is 8.23. The van der Waals surface area contributed by atoms with Gasteiger partial charge in [0.15, 0.2) is 6.10 Å². The lowest BCUT2D eigenvalue weighted by Crippen LogP contribution is -2.38. The molecule has 2 aromatic carbocycles. The molecule has 1 heterocycles. The third-order valence-electron chi connectivity index (χ3n) is 4.67. The molecule has 0 bridgehead atoms. The van der Waals surface area contributed by atoms with Crippen molar-refractivity contribution in [1.29, 1.82) is 5.26 Å². The Bertz CT molecular complexity index is 1030. The molecule has 2 atom stereocenters. The fourth-order valence-electron chi connectivity index (χ4n) is 3.19. The summed E-state index contributed by atoms with van der Waals surface area (Å²) in [5, 5.41) is 9.06. The van der Waals surface area contributed by atoms with Crippen LogP contribution in [0.4, 0.5) is 0 Å². The van der Waals surface area contributed by atoms with Gasteiger partial charge in [-0.05, 0) is 43.4 Å². The topological polar surface area (TPSA) is 96.7 Å². The lowest BCUT2D eigenvalue weighted by Gasteiger charge is -2.24. The molecule has 1 aliphatic heterocycles. The van der Waals surface area contributed by atoms with E-state index in [4.69, 9.17) is 21.7 Å². The molecular formula is C23H20N2O5S2. The number of rotatable bonds is 8. The first-order valence-corrected chi connectivity index (χ1v) is 11.2. The summed E-state index contributed by atoms with van der Waals surface area (Å²) >= 11 is 6.34. The number of carbonyl (C=O) groups is 3. The Hall–Kier alpha value is -3.22. The summed E-state index contributed by atoms with van der Waals surface area (Å²) in [6.07, 6.45) is -1.04. The van der Waals surface area contributed by atoms with Gasteiger partial charge in [-0.3, -0.25) is 14.5 Å². The standard InChI is InChI=1S/C23H20N2O5S2/c1-2-29-23(31)32-17(12-16(13-24)30-22(28)15-8-4-3-5-9-15)14-25-20(26)18-10-6-7-11-19(18)21(25)27/h3-11,16-17H,2,12,14H2,1H3. The number of amides is 2. The number of hydrogen-bond donors (Lipinski definition) is 0. The van der Waals surface area contributed by atoms with Crippen LogP contribution < -0.4 is 0 Å². The second kappa shape index (κ2) is 10.9. The van der Waals surface area contributed by atoms with E-state index >= 15 is 0 Å². The third kappa shape index (κ3) is 5.52. The van der Waals surface area contributed by atoms with Gasteiger partial charge in [-0.1, -0.05) is 42.1 Å². The molecule has 0 N–H and O–H groups in total. The van der Waals surface area contributed by atoms with Gasteiger partial charge < -0.3 is 9.47 Å². The second-order valence-corrected chi connectivity index (χ2v) is 8.72. The normalized spacial score (nSPS) is 14.3. The number of nitriles is 1. The van der Waals surface area contributed by atoms with Crippen molar-refractivity contribution in [3.8, 4) is 6.07 Å². The maximum Gasteiger partial charge on any atom is 0.339 e. The van der Waals surface area contributed by atoms with Gasteiger partial charge in [-0.2, -0.15) is 5.26 Å². The predicted molar refractivity (Wildman–Crippen MR) is 123 cm³/mol. The van der Waals surface area contributed by atoms with E-state index in [2.05, 4.69) is 0 Å². The number of carbonyl (C=O) groups excluding carboxylic acids is 3. The number of fused-ring (bicyclic) bond motifs is 1. The zero-order valence-electron chi connectivity index (χ0n) is 17.2. The molecule has 2 aromatic rings. The van der Waals surface area contributed by atoms with Crippen molar-refractivity contribution in [2.75, 3.05) is 13.2 Å². The fraction of sp³-hybridized carbons (Fsp3) is 0.261. The van der Waals surface area contributed by atoms with Crippen molar-refractivity contribution in [1.82, 2.24) is 4.90 Å². The van der Waals surface area contributed by atoms with Crippen molar-refractivity contribution < 1.29 is 23.9 Å². The monoisotopic (exact) mass is 468 g/mol. The van der Waals surface area contributed by atoms with Gasteiger partial charge in [0.1, 0.15) is 6.07 Å². The summed E-state index contributed by atoms with van der Waals surface area (Å²) < 4.78 is 10.9. The van der Waals surface area contributed by atoms with Crippen molar-refractivity contribution in [2.24, 2.45) is 0 Å². The van der Waals surface area contributed by atoms with Gasteiger partial charge in [0.05, 0.1) is 23.3 Å². The Balaban J connectivity index is 1.74. The Kier molecular flexibility index (Phi) is 7.98. The largest absolute Gasteiger partial charge is 0.479 e. The first-order chi connectivity index (χ1) is 15.4. The Labute approximate surface area is 195 Å². The minimum Gasteiger partial charge on any atom is -0.479 e. The molecule has 0 spiro atoms. The van der Waals surface area contributed by atoms with E-state index in [1.54, 1.807) is 61.5 Å². The molecule has 0 aliphatic carbocycles. The molecule has 2 unspecified atom stereocenters. The molecule has 0 radical (unpaired) electrons. The molecule has 0 aromatic heterocycles. The molecule has 9 heteroatoms. The number of esters is 1. The number of imide groups is 1. The summed E-state index contributed by atoms with van der Waals surface area (Å²) in [5.74, 6) is -1.45. The average molecular weight is 469 g/mol. The highest BCUT2D eigenvalue weighted by atomic mass is 32.2. The van der Waals surface area contributed by atoms with Crippen molar-refractivity contribution >= 4 is 46.1 Å². The van der Waals surface area contributed by atoms with Gasteiger partial charge in [-0.15, -0.1) is 0 Å². The average Bonchev–Trinajstić information content (AvgIpc) is 3.04. The van der Waals surface area contributed by atoms with E-state index in [0.717, 1.165) is 16.7 Å². The zero-order chi connectivity index (χ0) is 23.1. The lowest BCUT2D eigenvalue weighted by molar-refractivity contribution is 0.0382. The van der Waals surface area contributed by atoms with Crippen molar-refractivity contribution in [3.05, 3.63) is 71.3 Å². The van der Waals surface area contributed by atoms with E-state index in [-0.39, 0.29) is 17.3 Å². The number of benzene rings is 2. The van der Waals surface area contributed by atoms with Crippen LogP contribution in [0.25, 0.3) is 0 Å². The van der Waals surface area contributed by atoms with E-state index < -0.39 is 29.1 Å². The number of nitrogens with zero attached hydrogens (tertiary/aromatic N) is 2. The summed E-state index contributed by atoms with van der Waals surface area (Å²) in [7, 11) is 0. The maximum absolute atomic E-state index is 12.8. The lowest BCUT2D eigenvalue weighted by atomic mass is 10.1. The molecule has 0 saturated carbocycles. The smallest absolute Gasteiger partial charge is 0.339 e. The highest BCUT2D eigenvalue weighted by Gasteiger charge is 2.37. The van der Waals surface area contributed by atoms with Crippen molar-refractivity contribution in [3.63, 3.8) is 0 Å². The molecule has 1 aliphatic rings. The first-order valence-electron chi connectivity index (χ1n) is 9.88. The van der Waals surface area contributed by atoms with E-state index in [1.165, 1.54) is 0 Å². The minimum absolute atomic E-state index is 0.00864. The van der Waals surface area contributed by atoms with Gasteiger partial charge in [0.2, 0.25) is 4.38 Å². The molecule has 2 amide bonds. The third-order valence-corrected chi connectivity index (χ3v) is 6.06. The Morgan fingerprint density at radius 2 is 1.69 bits per heavy atom. The fourth-order valence-corrected chi connectivity index (χ4v) is 4.67. The van der Waals surface area contributed by atoms with Gasteiger partial charge >= 0.3 is 5.97 Å². The van der Waals surface area contributed by atoms with Crippen LogP contribution in [0.15, 0.2) is 54.6 Å². The number of ether oxygens (including phenoxy) is 2. The zero-order valence-corrected chi connectivity index (χ0v) is 18.9. The van der Waals surface area contributed by atoms with E-state index in [0.29, 0.717) is 23.3 Å². The number of hydrogen-bond acceptors (Lipinski definition) is 8. The Morgan fingerprint density at radius 3 is 2.25 bits per heavy atom. The summed E-state index contributed by atoms with van der Waals surface area (Å²) in [6.45, 7) is 2.13. The van der Waals surface area contributed by atoms with Crippen LogP contribution in [-0.2, 0) is 9.47 Å². The summed E-state index contributed by atoms with van der Waals surface area (Å²) in [6, 6.07) is 16.9. The van der Waals surface area contributed by atoms with Crippen LogP contribution in [0.5, 0.6) is 0 Å². The van der Waals surface area contributed by atoms with Gasteiger partial charge in [-0.25, -0.2) is 4.79 Å². The Morgan fingerprint density at radius 1 is 1.09 bits per heavy atom. The van der Waals surface area contributed by atoms with E-state index in [1.807, 2.05) is 6.07 Å². The highest BCUT2D eigenvalue weighted by Crippen LogP contribution is 2.28. The van der Waals surface area contributed by atoms with Crippen LogP contribution in [0.3, 0.4) is 0 Å². The maximum atomic E-state index is 12.8. The van der Waals surface area contributed by atoms with Crippen LogP contribution in [-0.4, -0.2) is 51.6 Å². The van der Waals surface area contributed by atoms with Crippen LogP contribution >= 0.6 is 24.0 Å².